The van der Waals surface area contributed by atoms with E-state index in [4.69, 9.17) is 5.73 Å². The van der Waals surface area contributed by atoms with E-state index in [0.717, 1.165) is 16.9 Å². The fraction of sp³-hybridized carbons (Fsp3) is 0.250. The predicted octanol–water partition coefficient (Wildman–Crippen LogP) is 4.19. The molecule has 0 saturated heterocycles. The van der Waals surface area contributed by atoms with E-state index in [1.165, 1.54) is 28.2 Å². The highest BCUT2D eigenvalue weighted by Gasteiger charge is 2.04. The van der Waals surface area contributed by atoms with E-state index in [2.05, 4.69) is 32.0 Å². The Morgan fingerprint density at radius 3 is 2.47 bits per heavy atom. The highest BCUT2D eigenvalue weighted by Crippen LogP contribution is 2.26. The van der Waals surface area contributed by atoms with Gasteiger partial charge in [0.15, 0.2) is 0 Å². The fourth-order valence-corrected chi connectivity index (χ4v) is 2.92. The molecule has 2 aromatic rings. The molecule has 0 saturated carbocycles. The third kappa shape index (κ3) is 3.58. The molecule has 0 heterocycles. The minimum Gasteiger partial charge on any atom is -0.326 e. The first-order valence-corrected chi connectivity index (χ1v) is 7.26. The lowest BCUT2D eigenvalue weighted by Gasteiger charge is -2.09. The van der Waals surface area contributed by atoms with Crippen molar-refractivity contribution in [3.05, 3.63) is 64.5 Å². The molecule has 2 aromatic carbocycles. The van der Waals surface area contributed by atoms with Crippen LogP contribution in [0.1, 0.15) is 22.3 Å². The first-order valence-electron chi connectivity index (χ1n) is 6.27. The van der Waals surface area contributed by atoms with E-state index in [-0.39, 0.29) is 5.82 Å². The summed E-state index contributed by atoms with van der Waals surface area (Å²) >= 11 is 1.75. The van der Waals surface area contributed by atoms with Gasteiger partial charge < -0.3 is 5.73 Å². The number of rotatable bonds is 4. The summed E-state index contributed by atoms with van der Waals surface area (Å²) in [7, 11) is 0. The first-order chi connectivity index (χ1) is 9.10. The molecule has 0 radical (unpaired) electrons. The van der Waals surface area contributed by atoms with Gasteiger partial charge in [-0.1, -0.05) is 12.1 Å². The van der Waals surface area contributed by atoms with Gasteiger partial charge in [0.1, 0.15) is 5.82 Å². The molecule has 0 fully saturated rings. The van der Waals surface area contributed by atoms with Crippen LogP contribution in [0, 0.1) is 19.7 Å². The molecule has 2 N–H and O–H groups in total. The van der Waals surface area contributed by atoms with Crippen molar-refractivity contribution in [1.29, 1.82) is 0 Å². The molecule has 0 aliphatic heterocycles. The topological polar surface area (TPSA) is 26.0 Å². The number of benzene rings is 2. The quantitative estimate of drug-likeness (QED) is 0.847. The van der Waals surface area contributed by atoms with Crippen molar-refractivity contribution in [1.82, 2.24) is 0 Å². The molecule has 1 nitrogen and oxygen atoms in total. The van der Waals surface area contributed by atoms with Gasteiger partial charge >= 0.3 is 0 Å². The molecule has 3 heteroatoms. The van der Waals surface area contributed by atoms with E-state index >= 15 is 0 Å². The molecule has 0 aliphatic carbocycles. The Balaban J connectivity index is 2.12. The molecule has 19 heavy (non-hydrogen) atoms. The van der Waals surface area contributed by atoms with Crippen LogP contribution >= 0.6 is 11.8 Å². The zero-order chi connectivity index (χ0) is 13.8. The maximum atomic E-state index is 13.1. The summed E-state index contributed by atoms with van der Waals surface area (Å²) in [6.07, 6.45) is 0. The number of aryl methyl sites for hydroxylation is 2. The molecule has 0 bridgehead atoms. The average molecular weight is 275 g/mol. The van der Waals surface area contributed by atoms with E-state index in [0.29, 0.717) is 6.54 Å². The third-order valence-corrected chi connectivity index (χ3v) is 4.30. The molecule has 0 aliphatic rings. The molecule has 0 spiro atoms. The number of nitrogens with two attached hydrogens (primary N) is 1. The van der Waals surface area contributed by atoms with Gasteiger partial charge in [-0.3, -0.25) is 0 Å². The summed E-state index contributed by atoms with van der Waals surface area (Å²) in [5.41, 5.74) is 10.2. The van der Waals surface area contributed by atoms with Gasteiger partial charge in [0.2, 0.25) is 0 Å². The van der Waals surface area contributed by atoms with Crippen LogP contribution in [0.3, 0.4) is 0 Å². The van der Waals surface area contributed by atoms with Gasteiger partial charge in [0.25, 0.3) is 0 Å². The second-order valence-corrected chi connectivity index (χ2v) is 5.70. The summed E-state index contributed by atoms with van der Waals surface area (Å²) in [5, 5.41) is 0. The van der Waals surface area contributed by atoms with Crippen LogP contribution in [0.25, 0.3) is 0 Å². The summed E-state index contributed by atoms with van der Waals surface area (Å²) in [6.45, 7) is 4.60. The zero-order valence-electron chi connectivity index (χ0n) is 11.2. The van der Waals surface area contributed by atoms with Crippen LogP contribution in [0.2, 0.25) is 0 Å². The smallest absolute Gasteiger partial charge is 0.123 e. The van der Waals surface area contributed by atoms with Crippen LogP contribution < -0.4 is 5.73 Å². The number of hydrogen-bond donors (Lipinski definition) is 1. The molecule has 0 atom stereocenters. The minimum absolute atomic E-state index is 0.222. The van der Waals surface area contributed by atoms with Crippen LogP contribution in [0.4, 0.5) is 4.39 Å². The van der Waals surface area contributed by atoms with Gasteiger partial charge in [-0.05, 0) is 60.4 Å². The monoisotopic (exact) mass is 275 g/mol. The molecule has 100 valence electrons. The molecule has 2 rings (SSSR count). The van der Waals surface area contributed by atoms with Crippen molar-refractivity contribution in [3.8, 4) is 0 Å². The number of thioether (sulfide) groups is 1. The van der Waals surface area contributed by atoms with E-state index < -0.39 is 0 Å². The zero-order valence-corrected chi connectivity index (χ0v) is 12.1. The Morgan fingerprint density at radius 2 is 1.79 bits per heavy atom. The number of halogens is 1. The van der Waals surface area contributed by atoms with Crippen LogP contribution in [-0.4, -0.2) is 0 Å². The van der Waals surface area contributed by atoms with Gasteiger partial charge in [-0.15, -0.1) is 11.8 Å². The maximum absolute atomic E-state index is 13.1. The molecular formula is C16H18FNS. The van der Waals surface area contributed by atoms with Crippen molar-refractivity contribution in [2.75, 3.05) is 0 Å². The lowest BCUT2D eigenvalue weighted by Crippen LogP contribution is -2.01. The second-order valence-electron chi connectivity index (χ2n) is 4.65. The van der Waals surface area contributed by atoms with Gasteiger partial charge in [0, 0.05) is 17.2 Å². The maximum Gasteiger partial charge on any atom is 0.123 e. The normalized spacial score (nSPS) is 10.7. The standard InChI is InChI=1S/C16H18FNS/c1-11-3-6-16(7-12(11)2)19-10-13-4-5-15(17)8-14(13)9-18/h3-8H,9-10,18H2,1-2H3. The Morgan fingerprint density at radius 1 is 1.00 bits per heavy atom. The van der Waals surface area contributed by atoms with E-state index in [1.54, 1.807) is 11.8 Å². The molecule has 0 aromatic heterocycles. The SMILES string of the molecule is Cc1ccc(SCc2ccc(F)cc2CN)cc1C. The van der Waals surface area contributed by atoms with Gasteiger partial charge in [-0.2, -0.15) is 0 Å². The van der Waals surface area contributed by atoms with Gasteiger partial charge in [-0.25, -0.2) is 4.39 Å². The Hall–Kier alpha value is -1.32. The van der Waals surface area contributed by atoms with Crippen molar-refractivity contribution >= 4 is 11.8 Å². The largest absolute Gasteiger partial charge is 0.326 e. The summed E-state index contributed by atoms with van der Waals surface area (Å²) in [4.78, 5) is 1.23. The lowest BCUT2D eigenvalue weighted by atomic mass is 10.1. The summed E-state index contributed by atoms with van der Waals surface area (Å²) in [6, 6.07) is 11.3. The van der Waals surface area contributed by atoms with Crippen molar-refractivity contribution in [3.63, 3.8) is 0 Å². The van der Waals surface area contributed by atoms with Gasteiger partial charge in [0.05, 0.1) is 0 Å². The Bertz CT molecular complexity index is 581. The van der Waals surface area contributed by atoms with Crippen molar-refractivity contribution < 1.29 is 4.39 Å². The van der Waals surface area contributed by atoms with Crippen LogP contribution in [0.15, 0.2) is 41.3 Å². The number of hydrogen-bond acceptors (Lipinski definition) is 2. The Labute approximate surface area is 118 Å². The minimum atomic E-state index is -0.222. The van der Waals surface area contributed by atoms with E-state index in [1.807, 2.05) is 6.07 Å². The fourth-order valence-electron chi connectivity index (χ4n) is 1.89. The summed E-state index contributed by atoms with van der Waals surface area (Å²) < 4.78 is 13.1. The predicted molar refractivity (Wildman–Crippen MR) is 79.8 cm³/mol. The van der Waals surface area contributed by atoms with Crippen molar-refractivity contribution in [2.45, 2.75) is 31.0 Å². The van der Waals surface area contributed by atoms with E-state index in [9.17, 15) is 4.39 Å². The molecule has 0 unspecified atom stereocenters. The van der Waals surface area contributed by atoms with Crippen LogP contribution in [0.5, 0.6) is 0 Å². The molecule has 0 amide bonds. The highest BCUT2D eigenvalue weighted by molar-refractivity contribution is 7.98. The average Bonchev–Trinajstić information content (AvgIpc) is 2.41. The molecular weight excluding hydrogens is 257 g/mol. The van der Waals surface area contributed by atoms with Crippen molar-refractivity contribution in [2.24, 2.45) is 5.73 Å². The lowest BCUT2D eigenvalue weighted by molar-refractivity contribution is 0.624. The third-order valence-electron chi connectivity index (χ3n) is 3.26. The first kappa shape index (κ1) is 14.1. The highest BCUT2D eigenvalue weighted by atomic mass is 32.2. The van der Waals surface area contributed by atoms with Crippen LogP contribution in [-0.2, 0) is 12.3 Å². The second kappa shape index (κ2) is 6.22. The summed E-state index contributed by atoms with van der Waals surface area (Å²) in [5.74, 6) is 0.593. The Kier molecular flexibility index (Phi) is 4.61.